The van der Waals surface area contributed by atoms with Crippen molar-refractivity contribution in [1.82, 2.24) is 39.8 Å². The molecule has 3 aromatic heterocycles. The van der Waals surface area contributed by atoms with E-state index < -0.39 is 23.9 Å². The number of carbonyl (C=O) groups is 8. The first-order valence-corrected chi connectivity index (χ1v) is 48.7. The molecule has 139 heavy (non-hydrogen) atoms. The number of hydrogen-bond acceptors (Lipinski definition) is 15. The van der Waals surface area contributed by atoms with Crippen molar-refractivity contribution in [3.8, 4) is 67.5 Å². The Morgan fingerprint density at radius 2 is 0.532 bits per heavy atom. The molecule has 4 unspecified atom stereocenters. The van der Waals surface area contributed by atoms with E-state index in [1.165, 1.54) is 0 Å². The smallest absolute Gasteiger partial charge is 0.303 e. The van der Waals surface area contributed by atoms with Gasteiger partial charge in [0.15, 0.2) is 0 Å². The summed E-state index contributed by atoms with van der Waals surface area (Å²) in [5.74, 6) is -0.0421. The van der Waals surface area contributed by atoms with Gasteiger partial charge in [-0.05, 0) is 260 Å². The lowest BCUT2D eigenvalue weighted by molar-refractivity contribution is -0.138. The lowest BCUT2D eigenvalue weighted by atomic mass is 10.0. The molecule has 0 aliphatic rings. The molecular formula is C115H136N8O16. The van der Waals surface area contributed by atoms with Crippen LogP contribution in [0.5, 0.6) is 23.0 Å². The average molecular weight is 1890 g/mol. The Hall–Kier alpha value is -14.6. The van der Waals surface area contributed by atoms with E-state index in [0.717, 1.165) is 167 Å². The van der Waals surface area contributed by atoms with E-state index in [1.807, 2.05) is 269 Å². The molecule has 3 heterocycles. The predicted octanol–water partition coefficient (Wildman–Crippen LogP) is 24.8. The Balaban J connectivity index is 0.000000207. The molecule has 0 saturated heterocycles. The SMILES string of the molecule is CCC(C)N(Cc1ccccc1OCCCCCC(=O)O)C(=O)c1ccc(-c2ccccc2)cc1.CCC(C)N(Cc1ccccc1OCCCCCC(=O)O)C(=O)c1ccc(-c2cccnc2)cc1.CCC(C)N(Cc1ccccc1OCCCCCC(=O)O)C(=O)c1ccc(-c2ccncc2)cc1.CCC(C)N(Cc1ccccc1OCCCCCC(=O)O)C(=O)c1ccc(-c2cn[nH]c2)cc1. The van der Waals surface area contributed by atoms with Crippen molar-refractivity contribution >= 4 is 47.5 Å². The number of aromatic nitrogens is 4. The fourth-order valence-electron chi connectivity index (χ4n) is 15.4. The number of hydrogen-bond donors (Lipinski definition) is 5. The number of para-hydroxylation sites is 4. The maximum absolute atomic E-state index is 13.5. The number of nitrogens with zero attached hydrogens (tertiary/aromatic N) is 7. The summed E-state index contributed by atoms with van der Waals surface area (Å²) in [5, 5.41) is 41.8. The van der Waals surface area contributed by atoms with E-state index in [-0.39, 0.29) is 73.5 Å². The summed E-state index contributed by atoms with van der Waals surface area (Å²) in [6.07, 6.45) is 23.8. The van der Waals surface area contributed by atoms with Gasteiger partial charge in [0.2, 0.25) is 0 Å². The van der Waals surface area contributed by atoms with Crippen LogP contribution in [-0.2, 0) is 45.4 Å². The van der Waals surface area contributed by atoms with E-state index in [9.17, 15) is 38.4 Å². The van der Waals surface area contributed by atoms with Crippen LogP contribution >= 0.6 is 0 Å². The third kappa shape index (κ3) is 36.1. The van der Waals surface area contributed by atoms with Crippen molar-refractivity contribution in [2.75, 3.05) is 26.4 Å². The van der Waals surface area contributed by atoms with Gasteiger partial charge in [0.05, 0.1) is 32.6 Å². The molecule has 24 nitrogen and oxygen atoms in total. The zero-order chi connectivity index (χ0) is 99.5. The molecule has 4 amide bonds. The summed E-state index contributed by atoms with van der Waals surface area (Å²) in [7, 11) is 0. The number of ether oxygens (including phenoxy) is 4. The minimum absolute atomic E-state index is 0.00225. The molecular weight excluding hydrogens is 1750 g/mol. The normalized spacial score (nSPS) is 11.6. The number of carboxylic acids is 4. The van der Waals surface area contributed by atoms with Gasteiger partial charge in [-0.15, -0.1) is 0 Å². The van der Waals surface area contributed by atoms with Crippen LogP contribution in [0, 0.1) is 0 Å². The van der Waals surface area contributed by atoms with Gasteiger partial charge in [0.25, 0.3) is 23.6 Å². The number of amides is 4. The Labute approximate surface area is 818 Å². The summed E-state index contributed by atoms with van der Waals surface area (Å²) in [5.41, 5.74) is 14.8. The molecule has 0 saturated carbocycles. The van der Waals surface area contributed by atoms with Gasteiger partial charge in [-0.25, -0.2) is 0 Å². The molecule has 732 valence electrons. The fourth-order valence-corrected chi connectivity index (χ4v) is 15.4. The van der Waals surface area contributed by atoms with Gasteiger partial charge in [-0.1, -0.05) is 185 Å². The molecule has 0 bridgehead atoms. The second-order valence-electron chi connectivity index (χ2n) is 34.5. The maximum Gasteiger partial charge on any atom is 0.303 e. The number of aliphatic carboxylic acids is 4. The van der Waals surface area contributed by atoms with Crippen LogP contribution in [-0.4, -0.2) is 158 Å². The molecule has 24 heteroatoms. The molecule has 0 aliphatic heterocycles. The molecule has 9 aromatic carbocycles. The van der Waals surface area contributed by atoms with E-state index in [4.69, 9.17) is 39.4 Å². The average Bonchev–Trinajstić information content (AvgIpc) is 1.53. The van der Waals surface area contributed by atoms with E-state index in [0.29, 0.717) is 101 Å². The number of unbranched alkanes of at least 4 members (excludes halogenated alkanes) is 8. The van der Waals surface area contributed by atoms with Crippen molar-refractivity contribution in [3.05, 3.63) is 330 Å². The first-order valence-electron chi connectivity index (χ1n) is 48.7. The van der Waals surface area contributed by atoms with Crippen molar-refractivity contribution < 1.29 is 77.7 Å². The number of nitrogens with one attached hydrogen (secondary N) is 1. The van der Waals surface area contributed by atoms with E-state index in [1.54, 1.807) is 24.8 Å². The maximum atomic E-state index is 13.5. The number of carboxylic acid groups (broad SMARTS) is 4. The Bertz CT molecular complexity index is 5280. The topological polar surface area (TPSA) is 322 Å². The molecule has 0 fully saturated rings. The van der Waals surface area contributed by atoms with Crippen molar-refractivity contribution in [2.24, 2.45) is 0 Å². The summed E-state index contributed by atoms with van der Waals surface area (Å²) in [6.45, 7) is 20.5. The number of aromatic amines is 1. The van der Waals surface area contributed by atoms with Crippen LogP contribution in [0.25, 0.3) is 44.5 Å². The summed E-state index contributed by atoms with van der Waals surface area (Å²) >= 11 is 0. The molecule has 12 rings (SSSR count). The van der Waals surface area contributed by atoms with Crippen molar-refractivity contribution in [2.45, 2.75) is 234 Å². The van der Waals surface area contributed by atoms with Crippen LogP contribution < -0.4 is 18.9 Å². The van der Waals surface area contributed by atoms with Gasteiger partial charge in [0.1, 0.15) is 23.0 Å². The van der Waals surface area contributed by atoms with Crippen molar-refractivity contribution in [1.29, 1.82) is 0 Å². The largest absolute Gasteiger partial charge is 0.493 e. The summed E-state index contributed by atoms with van der Waals surface area (Å²) in [6, 6.07) is 80.2. The number of rotatable bonds is 52. The Morgan fingerprint density at radius 3 is 0.799 bits per heavy atom. The zero-order valence-electron chi connectivity index (χ0n) is 81.6. The molecule has 0 spiro atoms. The number of pyridine rings is 2. The zero-order valence-corrected chi connectivity index (χ0v) is 81.6. The number of carbonyl (C=O) groups excluding carboxylic acids is 4. The summed E-state index contributed by atoms with van der Waals surface area (Å²) < 4.78 is 24.1. The second-order valence-corrected chi connectivity index (χ2v) is 34.5. The third-order valence-electron chi connectivity index (χ3n) is 24.4. The fraction of sp³-hybridized carbons (Fsp3) is 0.348. The van der Waals surface area contributed by atoms with Crippen LogP contribution in [0.1, 0.15) is 247 Å². The standard InChI is InChI=1S/C30H35NO4.2C29H34N2O4.C27H33N3O4/c1-3-23(2)31(30(34)26-19-17-25(18-20-26)24-12-6-4-7-13-24)22-27-14-9-10-15-28(27)35-21-11-5-8-16-29(32)33;1-3-22(2)31(29(34)24-16-14-23(15-17-24)25-11-9-18-30-20-25)21-26-10-6-7-12-27(26)35-19-8-4-5-13-28(32)33;1-3-22(2)31(29(34)25-14-12-23(13-15-25)24-16-18-30-19-17-24)21-26-9-6-7-10-27(26)35-20-8-4-5-11-28(32)33;1-3-20(2)30(27(33)22-14-12-21(13-15-22)24-17-28-29-18-24)19-23-9-6-7-10-25(23)34-16-8-4-5-11-26(31)32/h4,6-7,9-10,12-15,17-20,23H,3,5,8,11,16,21-22H2,1-2H3,(H,32,33);6-7,9-12,14-18,20,22H,3-5,8,13,19,21H2,1-2H3,(H,32,33);6-7,9-10,12-19,22H,3-5,8,11,20-21H2,1-2H3,(H,32,33);6-7,9-10,12-15,17-18,20H,3-5,8,11,16,19H2,1-2H3,(H,28,29)(H,31,32). The Morgan fingerprint density at radius 1 is 0.273 bits per heavy atom. The monoisotopic (exact) mass is 1890 g/mol. The first-order chi connectivity index (χ1) is 67.5. The lowest BCUT2D eigenvalue weighted by Gasteiger charge is -2.29. The van der Waals surface area contributed by atoms with Crippen LogP contribution in [0.15, 0.2) is 286 Å². The van der Waals surface area contributed by atoms with Crippen LogP contribution in [0.4, 0.5) is 0 Å². The van der Waals surface area contributed by atoms with Gasteiger partial charge < -0.3 is 59.0 Å². The third-order valence-corrected chi connectivity index (χ3v) is 24.4. The Kier molecular flexibility index (Phi) is 46.2. The number of H-pyrrole nitrogens is 1. The molecule has 5 N–H and O–H groups in total. The minimum atomic E-state index is -0.766. The van der Waals surface area contributed by atoms with Gasteiger partial charge in [-0.3, -0.25) is 53.4 Å². The highest BCUT2D eigenvalue weighted by molar-refractivity contribution is 5.97. The minimum Gasteiger partial charge on any atom is -0.493 e. The van der Waals surface area contributed by atoms with Crippen molar-refractivity contribution in [3.63, 3.8) is 0 Å². The first kappa shape index (κ1) is 108. The molecule has 4 atom stereocenters. The van der Waals surface area contributed by atoms with Gasteiger partial charge in [0, 0.05) is 157 Å². The van der Waals surface area contributed by atoms with Gasteiger partial charge >= 0.3 is 23.9 Å². The number of benzene rings is 9. The molecule has 0 radical (unpaired) electrons. The highest BCUT2D eigenvalue weighted by Gasteiger charge is 2.28. The molecule has 0 aliphatic carbocycles. The van der Waals surface area contributed by atoms with Crippen LogP contribution in [0.3, 0.4) is 0 Å². The predicted molar refractivity (Wildman–Crippen MR) is 546 cm³/mol. The summed E-state index contributed by atoms with van der Waals surface area (Å²) in [4.78, 5) is 112. The molecule has 12 aromatic rings. The lowest BCUT2D eigenvalue weighted by Crippen LogP contribution is -2.37. The van der Waals surface area contributed by atoms with Gasteiger partial charge in [-0.2, -0.15) is 5.10 Å². The van der Waals surface area contributed by atoms with E-state index in [2.05, 4.69) is 87.7 Å². The van der Waals surface area contributed by atoms with E-state index >= 15 is 0 Å². The van der Waals surface area contributed by atoms with Crippen LogP contribution in [0.2, 0.25) is 0 Å². The highest BCUT2D eigenvalue weighted by atomic mass is 16.5. The quantitative estimate of drug-likeness (QED) is 0.0221. The highest BCUT2D eigenvalue weighted by Crippen LogP contribution is 2.32. The second kappa shape index (κ2) is 59.5.